The molecule has 0 aliphatic carbocycles. The maximum atomic E-state index is 11.0. The van der Waals surface area contributed by atoms with Crippen LogP contribution in [0.1, 0.15) is 12.8 Å². The van der Waals surface area contributed by atoms with Crippen molar-refractivity contribution in [2.24, 2.45) is 5.41 Å². The molecule has 0 bridgehead atoms. The van der Waals surface area contributed by atoms with Crippen molar-refractivity contribution in [2.45, 2.75) is 12.8 Å². The summed E-state index contributed by atoms with van der Waals surface area (Å²) < 4.78 is 11.0. The molecule has 1 unspecified atom stereocenters. The van der Waals surface area contributed by atoms with Gasteiger partial charge in [-0.15, -0.1) is 0 Å². The van der Waals surface area contributed by atoms with Gasteiger partial charge >= 0.3 is 11.9 Å². The molecule has 0 spiro atoms. The van der Waals surface area contributed by atoms with Crippen LogP contribution >= 0.6 is 0 Å². The van der Waals surface area contributed by atoms with Gasteiger partial charge in [-0.25, -0.2) is 4.79 Å². The second-order valence-corrected chi connectivity index (χ2v) is 4.95. The third-order valence-electron chi connectivity index (χ3n) is 2.43. The summed E-state index contributed by atoms with van der Waals surface area (Å²) in [6, 6.07) is 0. The van der Waals surface area contributed by atoms with E-state index >= 15 is 0 Å². The number of aliphatic carboxylic acids is 2. The van der Waals surface area contributed by atoms with Gasteiger partial charge in [0, 0.05) is 23.0 Å². The lowest BCUT2D eigenvalue weighted by atomic mass is 9.80. The SMILES string of the molecule is O=C(O)C(=O)C[C@]1(C(=O)O)C=CS(=O)CC1. The standard InChI is InChI=1S/C9H10O6S/c10-6(7(11)12)5-9(8(13)14)1-3-16(15)4-2-9/h1,3H,2,4-5H2,(H,11,12)(H,13,14)/t9-,16?/m0/s1. The number of Topliss-reactive ketones (excluding diaryl/α,β-unsaturated/α-hetero) is 1. The molecule has 0 radical (unpaired) electrons. The van der Waals surface area contributed by atoms with E-state index in [1.807, 2.05) is 0 Å². The number of hydrogen-bond acceptors (Lipinski definition) is 4. The van der Waals surface area contributed by atoms with Crippen LogP contribution in [0.5, 0.6) is 0 Å². The monoisotopic (exact) mass is 246 g/mol. The fourth-order valence-corrected chi connectivity index (χ4v) is 2.52. The Morgan fingerprint density at radius 1 is 1.31 bits per heavy atom. The number of carbonyl (C=O) groups is 3. The van der Waals surface area contributed by atoms with Gasteiger partial charge in [-0.2, -0.15) is 0 Å². The van der Waals surface area contributed by atoms with E-state index in [9.17, 15) is 18.6 Å². The van der Waals surface area contributed by atoms with Crippen LogP contribution in [0, 0.1) is 5.41 Å². The Morgan fingerprint density at radius 2 is 1.94 bits per heavy atom. The van der Waals surface area contributed by atoms with Crippen molar-refractivity contribution in [2.75, 3.05) is 5.75 Å². The van der Waals surface area contributed by atoms with E-state index in [1.165, 1.54) is 5.41 Å². The van der Waals surface area contributed by atoms with E-state index in [-0.39, 0.29) is 12.2 Å². The van der Waals surface area contributed by atoms with Gasteiger partial charge in [0.05, 0.1) is 5.41 Å². The fraction of sp³-hybridized carbons (Fsp3) is 0.444. The van der Waals surface area contributed by atoms with Crippen LogP contribution < -0.4 is 0 Å². The minimum atomic E-state index is -1.65. The third kappa shape index (κ3) is 2.54. The molecular formula is C9H10O6S. The van der Waals surface area contributed by atoms with Gasteiger partial charge in [-0.1, -0.05) is 6.08 Å². The topological polar surface area (TPSA) is 109 Å². The largest absolute Gasteiger partial charge is 0.481 e. The highest BCUT2D eigenvalue weighted by atomic mass is 32.2. The smallest absolute Gasteiger partial charge is 0.372 e. The summed E-state index contributed by atoms with van der Waals surface area (Å²) in [5.74, 6) is -3.95. The van der Waals surface area contributed by atoms with Crippen molar-refractivity contribution in [1.29, 1.82) is 0 Å². The van der Waals surface area contributed by atoms with Gasteiger partial charge in [0.1, 0.15) is 0 Å². The molecule has 0 saturated heterocycles. The van der Waals surface area contributed by atoms with E-state index in [0.717, 1.165) is 6.08 Å². The normalized spacial score (nSPS) is 28.6. The van der Waals surface area contributed by atoms with Crippen LogP contribution in [0.4, 0.5) is 0 Å². The minimum Gasteiger partial charge on any atom is -0.481 e. The summed E-state index contributed by atoms with van der Waals surface area (Å²) in [7, 11) is -1.23. The van der Waals surface area contributed by atoms with E-state index in [2.05, 4.69) is 0 Å². The molecule has 7 heteroatoms. The number of carbonyl (C=O) groups excluding carboxylic acids is 1. The first-order valence-corrected chi connectivity index (χ1v) is 5.82. The van der Waals surface area contributed by atoms with Gasteiger partial charge in [0.2, 0.25) is 5.78 Å². The summed E-state index contributed by atoms with van der Waals surface area (Å²) in [4.78, 5) is 32.5. The lowest BCUT2D eigenvalue weighted by Gasteiger charge is -2.26. The van der Waals surface area contributed by atoms with Gasteiger partial charge in [0.25, 0.3) is 0 Å². The van der Waals surface area contributed by atoms with Crippen molar-refractivity contribution in [1.82, 2.24) is 0 Å². The second kappa shape index (κ2) is 4.56. The first kappa shape index (κ1) is 12.6. The molecular weight excluding hydrogens is 236 g/mol. The van der Waals surface area contributed by atoms with Gasteiger partial charge in [-0.3, -0.25) is 13.8 Å². The number of carboxylic acids is 2. The van der Waals surface area contributed by atoms with Crippen molar-refractivity contribution in [3.05, 3.63) is 11.5 Å². The Hall–Kier alpha value is -1.50. The van der Waals surface area contributed by atoms with Crippen LogP contribution in [0.25, 0.3) is 0 Å². The maximum Gasteiger partial charge on any atom is 0.372 e. The van der Waals surface area contributed by atoms with Crippen LogP contribution in [-0.4, -0.2) is 37.9 Å². The predicted molar refractivity (Wildman–Crippen MR) is 54.1 cm³/mol. The third-order valence-corrected chi connectivity index (χ3v) is 3.47. The van der Waals surface area contributed by atoms with Gasteiger partial charge in [-0.05, 0) is 11.8 Å². The fourth-order valence-electron chi connectivity index (χ4n) is 1.40. The van der Waals surface area contributed by atoms with Crippen LogP contribution in [0.2, 0.25) is 0 Å². The van der Waals surface area contributed by atoms with Crippen molar-refractivity contribution >= 4 is 28.5 Å². The Labute approximate surface area is 93.4 Å². The van der Waals surface area contributed by atoms with E-state index < -0.39 is 40.4 Å². The molecule has 88 valence electrons. The van der Waals surface area contributed by atoms with Crippen molar-refractivity contribution < 1.29 is 28.8 Å². The number of ketones is 1. The summed E-state index contributed by atoms with van der Waals surface area (Å²) in [6.45, 7) is 0. The van der Waals surface area contributed by atoms with Crippen molar-refractivity contribution in [3.8, 4) is 0 Å². The summed E-state index contributed by atoms with van der Waals surface area (Å²) in [6.07, 6.45) is 0.561. The van der Waals surface area contributed by atoms with E-state index in [1.54, 1.807) is 0 Å². The zero-order chi connectivity index (χ0) is 12.3. The van der Waals surface area contributed by atoms with E-state index in [0.29, 0.717) is 0 Å². The first-order chi connectivity index (χ1) is 7.37. The molecule has 2 N–H and O–H groups in total. The lowest BCUT2D eigenvalue weighted by Crippen LogP contribution is -2.36. The zero-order valence-electron chi connectivity index (χ0n) is 8.21. The quantitative estimate of drug-likeness (QED) is 0.663. The molecule has 0 saturated carbocycles. The average molecular weight is 246 g/mol. The molecule has 0 aromatic heterocycles. The molecule has 1 aliphatic heterocycles. The highest BCUT2D eigenvalue weighted by Gasteiger charge is 2.41. The molecule has 0 aromatic rings. The molecule has 6 nitrogen and oxygen atoms in total. The molecule has 0 fully saturated rings. The maximum absolute atomic E-state index is 11.0. The van der Waals surface area contributed by atoms with Crippen molar-refractivity contribution in [3.63, 3.8) is 0 Å². The second-order valence-electron chi connectivity index (χ2n) is 3.50. The molecule has 16 heavy (non-hydrogen) atoms. The summed E-state index contributed by atoms with van der Waals surface area (Å²) >= 11 is 0. The predicted octanol–water partition coefficient (Wildman–Crippen LogP) is -0.233. The summed E-state index contributed by atoms with van der Waals surface area (Å²) in [5.41, 5.74) is -1.52. The Kier molecular flexibility index (Phi) is 3.58. The molecule has 2 atom stereocenters. The molecule has 1 aliphatic rings. The van der Waals surface area contributed by atoms with Gasteiger partial charge < -0.3 is 10.2 Å². The molecule has 1 heterocycles. The lowest BCUT2D eigenvalue weighted by molar-refractivity contribution is -0.154. The van der Waals surface area contributed by atoms with Crippen LogP contribution in [-0.2, 0) is 25.2 Å². The van der Waals surface area contributed by atoms with Crippen LogP contribution in [0.15, 0.2) is 11.5 Å². The van der Waals surface area contributed by atoms with E-state index in [4.69, 9.17) is 10.2 Å². The minimum absolute atomic E-state index is 0.00443. The average Bonchev–Trinajstić information content (AvgIpc) is 2.21. The molecule has 0 amide bonds. The number of hydrogen-bond donors (Lipinski definition) is 2. The highest BCUT2D eigenvalue weighted by Crippen LogP contribution is 2.33. The Bertz CT molecular complexity index is 399. The first-order valence-electron chi connectivity index (χ1n) is 4.43. The number of carboxylic acid groups (broad SMARTS) is 2. The van der Waals surface area contributed by atoms with Gasteiger partial charge in [0.15, 0.2) is 0 Å². The number of rotatable bonds is 4. The Morgan fingerprint density at radius 3 is 2.31 bits per heavy atom. The zero-order valence-corrected chi connectivity index (χ0v) is 9.03. The molecule has 0 aromatic carbocycles. The summed E-state index contributed by atoms with van der Waals surface area (Å²) in [5, 5.41) is 18.6. The molecule has 1 rings (SSSR count). The van der Waals surface area contributed by atoms with Crippen LogP contribution in [0.3, 0.4) is 0 Å². The highest BCUT2D eigenvalue weighted by molar-refractivity contribution is 7.88. The Balaban J connectivity index is 2.95.